The highest BCUT2D eigenvalue weighted by atomic mass is 32.2. The van der Waals surface area contributed by atoms with Crippen LogP contribution in [0.2, 0.25) is 0 Å². The Bertz CT molecular complexity index is 696. The van der Waals surface area contributed by atoms with Gasteiger partial charge in [-0.05, 0) is 18.2 Å². The summed E-state index contributed by atoms with van der Waals surface area (Å²) in [6.45, 7) is 0.148. The SMILES string of the molecule is Cn1ncc(CN)c1NS(=O)(=O)c1cccc(F)c1. The van der Waals surface area contributed by atoms with E-state index in [1.807, 2.05) is 0 Å². The van der Waals surface area contributed by atoms with Crippen LogP contribution in [0, 0.1) is 5.82 Å². The highest BCUT2D eigenvalue weighted by molar-refractivity contribution is 7.92. The van der Waals surface area contributed by atoms with E-state index in [0.29, 0.717) is 5.56 Å². The molecule has 0 spiro atoms. The van der Waals surface area contributed by atoms with Crippen molar-refractivity contribution in [2.75, 3.05) is 4.72 Å². The minimum Gasteiger partial charge on any atom is -0.326 e. The summed E-state index contributed by atoms with van der Waals surface area (Å²) >= 11 is 0. The summed E-state index contributed by atoms with van der Waals surface area (Å²) in [5.74, 6) is -0.348. The maximum atomic E-state index is 13.1. The van der Waals surface area contributed by atoms with Crippen LogP contribution in [0.1, 0.15) is 5.56 Å². The van der Waals surface area contributed by atoms with Crippen molar-refractivity contribution in [3.05, 3.63) is 41.8 Å². The van der Waals surface area contributed by atoms with E-state index < -0.39 is 15.8 Å². The van der Waals surface area contributed by atoms with Crippen LogP contribution in [0.5, 0.6) is 0 Å². The summed E-state index contributed by atoms with van der Waals surface area (Å²) in [7, 11) is -2.28. The number of halogens is 1. The molecular weight excluding hydrogens is 271 g/mol. The third-order valence-electron chi connectivity index (χ3n) is 2.57. The van der Waals surface area contributed by atoms with E-state index in [-0.39, 0.29) is 17.3 Å². The third-order valence-corrected chi connectivity index (χ3v) is 3.91. The van der Waals surface area contributed by atoms with Crippen molar-refractivity contribution in [2.45, 2.75) is 11.4 Å². The molecule has 0 radical (unpaired) electrons. The molecule has 0 unspecified atom stereocenters. The van der Waals surface area contributed by atoms with Gasteiger partial charge in [-0.2, -0.15) is 5.10 Å². The van der Waals surface area contributed by atoms with E-state index in [1.165, 1.54) is 29.1 Å². The third kappa shape index (κ3) is 2.74. The van der Waals surface area contributed by atoms with Gasteiger partial charge in [0.1, 0.15) is 11.6 Å². The predicted octanol–water partition coefficient (Wildman–Crippen LogP) is 0.819. The van der Waals surface area contributed by atoms with Gasteiger partial charge >= 0.3 is 0 Å². The fourth-order valence-electron chi connectivity index (χ4n) is 1.58. The number of aryl methyl sites for hydroxylation is 1. The Balaban J connectivity index is 2.39. The highest BCUT2D eigenvalue weighted by Gasteiger charge is 2.18. The molecule has 102 valence electrons. The summed E-state index contributed by atoms with van der Waals surface area (Å²) in [6, 6.07) is 4.76. The van der Waals surface area contributed by atoms with Gasteiger partial charge in [-0.25, -0.2) is 12.8 Å². The molecule has 0 aliphatic rings. The molecule has 1 aromatic carbocycles. The second-order valence-corrected chi connectivity index (χ2v) is 5.59. The van der Waals surface area contributed by atoms with Crippen LogP contribution >= 0.6 is 0 Å². The summed E-state index contributed by atoms with van der Waals surface area (Å²) < 4.78 is 41.0. The van der Waals surface area contributed by atoms with Crippen LogP contribution in [-0.4, -0.2) is 18.2 Å². The zero-order valence-corrected chi connectivity index (χ0v) is 11.0. The van der Waals surface area contributed by atoms with Gasteiger partial charge in [-0.15, -0.1) is 0 Å². The number of nitrogens with two attached hydrogens (primary N) is 1. The average Bonchev–Trinajstić information content (AvgIpc) is 2.70. The standard InChI is InChI=1S/C11H13FN4O2S/c1-16-11(8(6-13)7-14-16)15-19(17,18)10-4-2-3-9(12)5-10/h2-5,7,15H,6,13H2,1H3. The molecule has 19 heavy (non-hydrogen) atoms. The Morgan fingerprint density at radius 2 is 2.21 bits per heavy atom. The van der Waals surface area contributed by atoms with Gasteiger partial charge in [-0.3, -0.25) is 9.40 Å². The van der Waals surface area contributed by atoms with Crippen molar-refractivity contribution in [3.63, 3.8) is 0 Å². The van der Waals surface area contributed by atoms with E-state index in [1.54, 1.807) is 7.05 Å². The zero-order chi connectivity index (χ0) is 14.0. The second-order valence-electron chi connectivity index (χ2n) is 3.91. The second kappa shape index (κ2) is 4.98. The number of sulfonamides is 1. The fourth-order valence-corrected chi connectivity index (χ4v) is 2.75. The van der Waals surface area contributed by atoms with Crippen molar-refractivity contribution in [1.82, 2.24) is 9.78 Å². The summed E-state index contributed by atoms with van der Waals surface area (Å²) in [5.41, 5.74) is 6.06. The summed E-state index contributed by atoms with van der Waals surface area (Å²) in [6.07, 6.45) is 1.48. The molecule has 0 saturated heterocycles. The first kappa shape index (κ1) is 13.5. The van der Waals surface area contributed by atoms with Gasteiger partial charge < -0.3 is 5.73 Å². The van der Waals surface area contributed by atoms with Crippen LogP contribution < -0.4 is 10.5 Å². The molecule has 0 saturated carbocycles. The minimum absolute atomic E-state index is 0.148. The van der Waals surface area contributed by atoms with Crippen LogP contribution in [0.4, 0.5) is 10.2 Å². The number of nitrogens with zero attached hydrogens (tertiary/aromatic N) is 2. The van der Waals surface area contributed by atoms with E-state index >= 15 is 0 Å². The molecule has 1 aromatic heterocycles. The molecule has 0 atom stereocenters. The van der Waals surface area contributed by atoms with E-state index in [2.05, 4.69) is 9.82 Å². The van der Waals surface area contributed by atoms with E-state index in [0.717, 1.165) is 6.07 Å². The van der Waals surface area contributed by atoms with Gasteiger partial charge in [-0.1, -0.05) is 6.07 Å². The van der Waals surface area contributed by atoms with Crippen LogP contribution in [0.25, 0.3) is 0 Å². The number of nitrogens with one attached hydrogen (secondary N) is 1. The number of aromatic nitrogens is 2. The van der Waals surface area contributed by atoms with Crippen molar-refractivity contribution in [3.8, 4) is 0 Å². The lowest BCUT2D eigenvalue weighted by molar-refractivity contribution is 0.594. The monoisotopic (exact) mass is 284 g/mol. The maximum absolute atomic E-state index is 13.1. The Labute approximate surface area is 110 Å². The Morgan fingerprint density at radius 1 is 1.47 bits per heavy atom. The number of hydrogen-bond donors (Lipinski definition) is 2. The number of benzene rings is 1. The van der Waals surface area contributed by atoms with E-state index in [4.69, 9.17) is 5.73 Å². The van der Waals surface area contributed by atoms with Crippen molar-refractivity contribution in [2.24, 2.45) is 12.8 Å². The minimum atomic E-state index is -3.87. The quantitative estimate of drug-likeness (QED) is 0.869. The normalized spacial score (nSPS) is 11.5. The summed E-state index contributed by atoms with van der Waals surface area (Å²) in [4.78, 5) is -0.156. The predicted molar refractivity (Wildman–Crippen MR) is 68.3 cm³/mol. The lowest BCUT2D eigenvalue weighted by atomic mass is 10.3. The molecule has 0 fully saturated rings. The van der Waals surface area contributed by atoms with Crippen molar-refractivity contribution in [1.29, 1.82) is 0 Å². The van der Waals surface area contributed by atoms with Crippen LogP contribution in [-0.2, 0) is 23.6 Å². The Morgan fingerprint density at radius 3 is 2.84 bits per heavy atom. The molecular formula is C11H13FN4O2S. The van der Waals surface area contributed by atoms with Crippen molar-refractivity contribution >= 4 is 15.8 Å². The Kier molecular flexibility index (Phi) is 3.54. The molecule has 3 N–H and O–H groups in total. The molecule has 8 heteroatoms. The molecule has 0 bridgehead atoms. The number of anilines is 1. The van der Waals surface area contributed by atoms with Gasteiger partial charge in [0.05, 0.1) is 11.1 Å². The first-order valence-corrected chi connectivity index (χ1v) is 6.91. The van der Waals surface area contributed by atoms with Gasteiger partial charge in [0.15, 0.2) is 0 Å². The van der Waals surface area contributed by atoms with Gasteiger partial charge in [0.2, 0.25) is 0 Å². The molecule has 0 aliphatic heterocycles. The highest BCUT2D eigenvalue weighted by Crippen LogP contribution is 2.19. The fraction of sp³-hybridized carbons (Fsp3) is 0.182. The number of hydrogen-bond acceptors (Lipinski definition) is 4. The molecule has 2 rings (SSSR count). The largest absolute Gasteiger partial charge is 0.326 e. The zero-order valence-electron chi connectivity index (χ0n) is 10.2. The Hall–Kier alpha value is -1.93. The maximum Gasteiger partial charge on any atom is 0.263 e. The molecule has 6 nitrogen and oxygen atoms in total. The average molecular weight is 284 g/mol. The number of rotatable bonds is 4. The van der Waals surface area contributed by atoms with Crippen LogP contribution in [0.3, 0.4) is 0 Å². The molecule has 0 amide bonds. The summed E-state index contributed by atoms with van der Waals surface area (Å²) in [5, 5.41) is 3.92. The van der Waals surface area contributed by atoms with Gasteiger partial charge in [0.25, 0.3) is 10.0 Å². The topological polar surface area (TPSA) is 90.0 Å². The molecule has 2 aromatic rings. The van der Waals surface area contributed by atoms with E-state index in [9.17, 15) is 12.8 Å². The first-order chi connectivity index (χ1) is 8.94. The van der Waals surface area contributed by atoms with Gasteiger partial charge in [0, 0.05) is 19.2 Å². The molecule has 0 aliphatic carbocycles. The van der Waals surface area contributed by atoms with Crippen LogP contribution in [0.15, 0.2) is 35.4 Å². The van der Waals surface area contributed by atoms with Crippen molar-refractivity contribution < 1.29 is 12.8 Å². The first-order valence-electron chi connectivity index (χ1n) is 5.43. The molecule has 1 heterocycles. The lowest BCUT2D eigenvalue weighted by Gasteiger charge is -2.10. The smallest absolute Gasteiger partial charge is 0.263 e. The lowest BCUT2D eigenvalue weighted by Crippen LogP contribution is -2.17.